The van der Waals surface area contributed by atoms with Crippen LogP contribution >= 0.6 is 11.6 Å². The molecule has 0 aliphatic heterocycles. The van der Waals surface area contributed by atoms with E-state index in [1.54, 1.807) is 0 Å². The van der Waals surface area contributed by atoms with Gasteiger partial charge in [0.1, 0.15) is 5.82 Å². The third kappa shape index (κ3) is 1.87. The molecule has 0 fully saturated rings. The number of nitrogens with zero attached hydrogens (tertiary/aromatic N) is 4. The summed E-state index contributed by atoms with van der Waals surface area (Å²) in [4.78, 5) is 4.67. The Bertz CT molecular complexity index is 960. The fourth-order valence-electron chi connectivity index (χ4n) is 2.57. The molecular formula is C16H11ClN4. The summed E-state index contributed by atoms with van der Waals surface area (Å²) in [5.74, 6) is 1.41. The van der Waals surface area contributed by atoms with Crippen molar-refractivity contribution in [1.29, 1.82) is 0 Å². The first-order valence-corrected chi connectivity index (χ1v) is 6.98. The highest BCUT2D eigenvalue weighted by Gasteiger charge is 2.13. The van der Waals surface area contributed by atoms with Crippen molar-refractivity contribution in [2.75, 3.05) is 0 Å². The van der Waals surface area contributed by atoms with Gasteiger partial charge in [0.15, 0.2) is 0 Å². The number of rotatable bonds is 1. The van der Waals surface area contributed by atoms with Gasteiger partial charge in [0.2, 0.25) is 0 Å². The average molecular weight is 295 g/mol. The van der Waals surface area contributed by atoms with Gasteiger partial charge in [-0.25, -0.2) is 4.98 Å². The Kier molecular flexibility index (Phi) is 2.65. The van der Waals surface area contributed by atoms with E-state index in [2.05, 4.69) is 15.2 Å². The Morgan fingerprint density at radius 3 is 2.62 bits per heavy atom. The van der Waals surface area contributed by atoms with Crippen molar-refractivity contribution in [3.05, 3.63) is 59.4 Å². The normalized spacial score (nSPS) is 11.3. The fraction of sp³-hybridized carbons (Fsp3) is 0.0625. The van der Waals surface area contributed by atoms with E-state index in [0.29, 0.717) is 10.8 Å². The van der Waals surface area contributed by atoms with Gasteiger partial charge in [-0.2, -0.15) is 0 Å². The summed E-state index contributed by atoms with van der Waals surface area (Å²) in [5, 5.41) is 9.94. The number of halogens is 1. The molecule has 21 heavy (non-hydrogen) atoms. The highest BCUT2D eigenvalue weighted by molar-refractivity contribution is 6.31. The average Bonchev–Trinajstić information content (AvgIpc) is 2.88. The van der Waals surface area contributed by atoms with E-state index in [-0.39, 0.29) is 0 Å². The third-order valence-electron chi connectivity index (χ3n) is 3.52. The zero-order valence-electron chi connectivity index (χ0n) is 11.3. The lowest BCUT2D eigenvalue weighted by Gasteiger charge is -2.09. The molecule has 0 spiro atoms. The molecule has 0 saturated heterocycles. The molecule has 4 aromatic rings. The van der Waals surface area contributed by atoms with Crippen molar-refractivity contribution in [3.8, 4) is 11.3 Å². The van der Waals surface area contributed by atoms with E-state index in [4.69, 9.17) is 11.6 Å². The Hall–Kier alpha value is -2.46. The molecule has 2 aromatic carbocycles. The zero-order valence-corrected chi connectivity index (χ0v) is 12.0. The van der Waals surface area contributed by atoms with Crippen LogP contribution in [-0.4, -0.2) is 19.6 Å². The zero-order chi connectivity index (χ0) is 14.4. The first-order chi connectivity index (χ1) is 10.2. The van der Waals surface area contributed by atoms with Crippen molar-refractivity contribution in [3.63, 3.8) is 0 Å². The molecule has 0 radical (unpaired) electrons. The number of hydrogen-bond donors (Lipinski definition) is 0. The first-order valence-electron chi connectivity index (χ1n) is 6.60. The van der Waals surface area contributed by atoms with Gasteiger partial charge in [-0.05, 0) is 25.1 Å². The standard InChI is InChI=1S/C16H11ClN4/c1-10-19-20-16-18-15(11-5-3-2-4-6-11)13-9-12(17)7-8-14(13)21(10)16/h2-9H,1H3. The number of fused-ring (bicyclic) bond motifs is 3. The molecule has 0 amide bonds. The molecular weight excluding hydrogens is 284 g/mol. The SMILES string of the molecule is Cc1nnc2nc(-c3ccccc3)c3cc(Cl)ccc3n12. The predicted octanol–water partition coefficient (Wildman–Crippen LogP) is 3.91. The molecule has 2 aromatic heterocycles. The Balaban J connectivity index is 2.21. The van der Waals surface area contributed by atoms with Crippen molar-refractivity contribution in [1.82, 2.24) is 19.6 Å². The molecule has 5 heteroatoms. The number of benzene rings is 2. The van der Waals surface area contributed by atoms with Crippen LogP contribution in [0.5, 0.6) is 0 Å². The van der Waals surface area contributed by atoms with E-state index in [1.165, 1.54) is 0 Å². The van der Waals surface area contributed by atoms with Crippen molar-refractivity contribution in [2.45, 2.75) is 6.92 Å². The second kappa shape index (κ2) is 4.53. The van der Waals surface area contributed by atoms with E-state index in [9.17, 15) is 0 Å². The topological polar surface area (TPSA) is 43.1 Å². The summed E-state index contributed by atoms with van der Waals surface area (Å²) < 4.78 is 1.94. The van der Waals surface area contributed by atoms with Crippen LogP contribution in [0.25, 0.3) is 27.9 Å². The van der Waals surface area contributed by atoms with Crippen LogP contribution in [0.3, 0.4) is 0 Å². The second-order valence-corrected chi connectivity index (χ2v) is 5.31. The minimum atomic E-state index is 0.598. The summed E-state index contributed by atoms with van der Waals surface area (Å²) in [6.45, 7) is 1.91. The van der Waals surface area contributed by atoms with Crippen LogP contribution in [-0.2, 0) is 0 Å². The highest BCUT2D eigenvalue weighted by atomic mass is 35.5. The number of aromatic nitrogens is 4. The van der Waals surface area contributed by atoms with E-state index in [0.717, 1.165) is 28.0 Å². The molecule has 0 saturated carbocycles. The lowest BCUT2D eigenvalue weighted by molar-refractivity contribution is 1.02. The molecule has 0 aliphatic carbocycles. The maximum atomic E-state index is 6.17. The molecule has 4 nitrogen and oxygen atoms in total. The molecule has 2 heterocycles. The molecule has 0 N–H and O–H groups in total. The summed E-state index contributed by atoms with van der Waals surface area (Å²) in [6.07, 6.45) is 0. The Morgan fingerprint density at radius 1 is 1.00 bits per heavy atom. The third-order valence-corrected chi connectivity index (χ3v) is 3.76. The van der Waals surface area contributed by atoms with Gasteiger partial charge in [0.25, 0.3) is 5.78 Å². The number of aryl methyl sites for hydroxylation is 1. The van der Waals surface area contributed by atoms with Gasteiger partial charge in [0, 0.05) is 16.0 Å². The summed E-state index contributed by atoms with van der Waals surface area (Å²) in [5.41, 5.74) is 2.91. The smallest absolute Gasteiger partial charge is 0.256 e. The quantitative estimate of drug-likeness (QED) is 0.534. The van der Waals surface area contributed by atoms with E-state index in [1.807, 2.05) is 59.9 Å². The minimum absolute atomic E-state index is 0.598. The van der Waals surface area contributed by atoms with Gasteiger partial charge in [0.05, 0.1) is 11.2 Å². The van der Waals surface area contributed by atoms with Crippen LogP contribution in [0.2, 0.25) is 5.02 Å². The molecule has 102 valence electrons. The molecule has 4 rings (SSSR count). The van der Waals surface area contributed by atoms with Gasteiger partial charge in [-0.3, -0.25) is 4.40 Å². The lowest BCUT2D eigenvalue weighted by Crippen LogP contribution is -1.97. The van der Waals surface area contributed by atoms with Crippen LogP contribution in [0.1, 0.15) is 5.82 Å². The van der Waals surface area contributed by atoms with Crippen molar-refractivity contribution < 1.29 is 0 Å². The number of hydrogen-bond acceptors (Lipinski definition) is 3. The van der Waals surface area contributed by atoms with Crippen molar-refractivity contribution in [2.24, 2.45) is 0 Å². The first kappa shape index (κ1) is 12.3. The lowest BCUT2D eigenvalue weighted by atomic mass is 10.1. The monoisotopic (exact) mass is 294 g/mol. The van der Waals surface area contributed by atoms with Crippen LogP contribution in [0.15, 0.2) is 48.5 Å². The summed E-state index contributed by atoms with van der Waals surface area (Å²) >= 11 is 6.17. The van der Waals surface area contributed by atoms with E-state index >= 15 is 0 Å². The van der Waals surface area contributed by atoms with Crippen LogP contribution in [0, 0.1) is 6.92 Å². The molecule has 0 bridgehead atoms. The Labute approximate surface area is 126 Å². The van der Waals surface area contributed by atoms with Gasteiger partial charge < -0.3 is 0 Å². The van der Waals surface area contributed by atoms with Crippen molar-refractivity contribution >= 4 is 28.3 Å². The molecule has 0 atom stereocenters. The maximum Gasteiger partial charge on any atom is 0.256 e. The Morgan fingerprint density at radius 2 is 1.81 bits per heavy atom. The predicted molar refractivity (Wildman–Crippen MR) is 83.5 cm³/mol. The summed E-state index contributed by atoms with van der Waals surface area (Å²) in [7, 11) is 0. The minimum Gasteiger partial charge on any atom is -0.263 e. The van der Waals surface area contributed by atoms with Crippen LogP contribution < -0.4 is 0 Å². The molecule has 0 unspecified atom stereocenters. The largest absolute Gasteiger partial charge is 0.263 e. The van der Waals surface area contributed by atoms with Crippen LogP contribution in [0.4, 0.5) is 0 Å². The van der Waals surface area contributed by atoms with E-state index < -0.39 is 0 Å². The molecule has 0 aliphatic rings. The summed E-state index contributed by atoms with van der Waals surface area (Å²) in [6, 6.07) is 15.8. The van der Waals surface area contributed by atoms with Gasteiger partial charge >= 0.3 is 0 Å². The highest BCUT2D eigenvalue weighted by Crippen LogP contribution is 2.29. The van der Waals surface area contributed by atoms with Gasteiger partial charge in [-0.1, -0.05) is 41.9 Å². The maximum absolute atomic E-state index is 6.17. The van der Waals surface area contributed by atoms with Gasteiger partial charge in [-0.15, -0.1) is 10.2 Å². The second-order valence-electron chi connectivity index (χ2n) is 4.87. The fourth-order valence-corrected chi connectivity index (χ4v) is 2.75.